The van der Waals surface area contributed by atoms with Crippen LogP contribution in [0, 0.1) is 0 Å². The van der Waals surface area contributed by atoms with Gasteiger partial charge >= 0.3 is 0 Å². The van der Waals surface area contributed by atoms with E-state index in [1.807, 2.05) is 30.3 Å². The largest absolute Gasteiger partial charge is 0.439 e. The van der Waals surface area contributed by atoms with Gasteiger partial charge in [-0.05, 0) is 34.5 Å². The van der Waals surface area contributed by atoms with E-state index in [2.05, 4.69) is 89.9 Å². The third-order valence-corrected chi connectivity index (χ3v) is 6.57. The minimum atomic E-state index is 0.581. The Hall–Kier alpha value is -4.76. The summed E-state index contributed by atoms with van der Waals surface area (Å²) in [5.74, 6) is 1.34. The van der Waals surface area contributed by atoms with Gasteiger partial charge in [0.25, 0.3) is 0 Å². The molecule has 0 amide bonds. The van der Waals surface area contributed by atoms with Crippen molar-refractivity contribution in [3.8, 4) is 22.8 Å². The maximum Gasteiger partial charge on any atom is 0.219 e. The molecule has 0 radical (unpaired) electrons. The van der Waals surface area contributed by atoms with Crippen molar-refractivity contribution in [1.29, 1.82) is 0 Å². The summed E-state index contributed by atoms with van der Waals surface area (Å²) in [6.07, 6.45) is 1.73. The number of hydrogen-bond acceptors (Lipinski definition) is 3. The highest BCUT2D eigenvalue weighted by molar-refractivity contribution is 6.21. The molecule has 0 saturated heterocycles. The molecule has 0 fully saturated rings. The summed E-state index contributed by atoms with van der Waals surface area (Å²) in [5, 5.41) is 7.00. The first kappa shape index (κ1) is 19.7. The predicted molar refractivity (Wildman–Crippen MR) is 144 cm³/mol. The van der Waals surface area contributed by atoms with Crippen molar-refractivity contribution in [3.05, 3.63) is 121 Å². The third-order valence-electron chi connectivity index (χ3n) is 6.57. The Morgan fingerprint density at radius 2 is 1.09 bits per heavy atom. The molecule has 0 aliphatic rings. The van der Waals surface area contributed by atoms with Crippen molar-refractivity contribution in [2.45, 2.75) is 0 Å². The highest BCUT2D eigenvalue weighted by Crippen LogP contribution is 2.40. The lowest BCUT2D eigenvalue weighted by Crippen LogP contribution is -1.92. The van der Waals surface area contributed by atoms with Crippen LogP contribution in [0.15, 0.2) is 121 Å². The molecule has 0 aliphatic heterocycles. The summed E-state index contributed by atoms with van der Waals surface area (Å²) in [5.41, 5.74) is 4.36. The molecule has 7 aromatic rings. The first-order valence-corrected chi connectivity index (χ1v) is 11.7. The number of hydrogen-bond donors (Lipinski definition) is 0. The molecule has 3 heteroatoms. The molecule has 0 N–H and O–H groups in total. The molecule has 2 aromatic heterocycles. The first-order valence-electron chi connectivity index (χ1n) is 11.7. The van der Waals surface area contributed by atoms with Crippen LogP contribution in [0.5, 0.6) is 11.6 Å². The zero-order valence-corrected chi connectivity index (χ0v) is 18.8. The molecule has 7 rings (SSSR count). The van der Waals surface area contributed by atoms with Crippen molar-refractivity contribution in [3.63, 3.8) is 0 Å². The van der Waals surface area contributed by atoms with Crippen molar-refractivity contribution >= 4 is 43.4 Å². The van der Waals surface area contributed by atoms with Crippen LogP contribution in [-0.2, 0) is 0 Å². The lowest BCUT2D eigenvalue weighted by atomic mass is 9.92. The zero-order valence-electron chi connectivity index (χ0n) is 18.8. The summed E-state index contributed by atoms with van der Waals surface area (Å²) in [7, 11) is 0. The van der Waals surface area contributed by atoms with Crippen LogP contribution in [0.1, 0.15) is 0 Å². The smallest absolute Gasteiger partial charge is 0.219 e. The number of ether oxygens (including phenoxy) is 1. The fourth-order valence-electron chi connectivity index (χ4n) is 4.94. The quantitative estimate of drug-likeness (QED) is 0.201. The highest BCUT2D eigenvalue weighted by atomic mass is 16.5. The number of rotatable bonds is 3. The Kier molecular flexibility index (Phi) is 4.46. The van der Waals surface area contributed by atoms with Crippen LogP contribution in [0.25, 0.3) is 54.5 Å². The maximum absolute atomic E-state index is 5.94. The third kappa shape index (κ3) is 3.29. The van der Waals surface area contributed by atoms with E-state index in [4.69, 9.17) is 9.72 Å². The lowest BCUT2D eigenvalue weighted by Gasteiger charge is -2.15. The van der Waals surface area contributed by atoms with Crippen LogP contribution >= 0.6 is 0 Å². The molecule has 5 aromatic carbocycles. The summed E-state index contributed by atoms with van der Waals surface area (Å²) in [6.45, 7) is 0. The SMILES string of the molecule is c1ccc(Oc2ccc(-c3c4ccc5ccccc5c4nc4c3ccc3ccccc34)cc2)nc1. The zero-order chi connectivity index (χ0) is 23.2. The van der Waals surface area contributed by atoms with E-state index in [1.165, 1.54) is 16.3 Å². The summed E-state index contributed by atoms with van der Waals surface area (Å²) in [4.78, 5) is 9.52. The first-order chi connectivity index (χ1) is 17.3. The van der Waals surface area contributed by atoms with Gasteiger partial charge in [-0.15, -0.1) is 0 Å². The summed E-state index contributed by atoms with van der Waals surface area (Å²) in [6, 6.07) is 39.6. The second-order valence-corrected chi connectivity index (χ2v) is 8.65. The number of benzene rings is 5. The average molecular weight is 449 g/mol. The van der Waals surface area contributed by atoms with Crippen LogP contribution in [0.3, 0.4) is 0 Å². The molecule has 3 nitrogen and oxygen atoms in total. The van der Waals surface area contributed by atoms with Gasteiger partial charge in [-0.2, -0.15) is 0 Å². The summed E-state index contributed by atoms with van der Waals surface area (Å²) >= 11 is 0. The van der Waals surface area contributed by atoms with Crippen molar-refractivity contribution in [1.82, 2.24) is 9.97 Å². The molecule has 0 unspecified atom stereocenters. The molecular formula is C32H20N2O. The van der Waals surface area contributed by atoms with Gasteiger partial charge < -0.3 is 4.74 Å². The van der Waals surface area contributed by atoms with Gasteiger partial charge in [-0.3, -0.25) is 0 Å². The molecule has 35 heavy (non-hydrogen) atoms. The monoisotopic (exact) mass is 448 g/mol. The number of pyridine rings is 2. The second-order valence-electron chi connectivity index (χ2n) is 8.65. The van der Waals surface area contributed by atoms with Crippen LogP contribution in [-0.4, -0.2) is 9.97 Å². The van der Waals surface area contributed by atoms with Crippen LogP contribution < -0.4 is 4.74 Å². The van der Waals surface area contributed by atoms with Gasteiger partial charge in [-0.25, -0.2) is 9.97 Å². The van der Waals surface area contributed by atoms with E-state index in [1.54, 1.807) is 6.20 Å². The average Bonchev–Trinajstić information content (AvgIpc) is 2.93. The van der Waals surface area contributed by atoms with E-state index in [9.17, 15) is 0 Å². The van der Waals surface area contributed by atoms with E-state index in [-0.39, 0.29) is 0 Å². The van der Waals surface area contributed by atoms with E-state index in [0.29, 0.717) is 5.88 Å². The van der Waals surface area contributed by atoms with Crippen LogP contribution in [0.2, 0.25) is 0 Å². The fourth-order valence-corrected chi connectivity index (χ4v) is 4.94. The van der Waals surface area contributed by atoms with Crippen molar-refractivity contribution < 1.29 is 4.74 Å². The lowest BCUT2D eigenvalue weighted by molar-refractivity contribution is 0.463. The Morgan fingerprint density at radius 1 is 0.486 bits per heavy atom. The predicted octanol–water partition coefficient (Wildman–Crippen LogP) is 8.55. The van der Waals surface area contributed by atoms with Gasteiger partial charge in [0.1, 0.15) is 5.75 Å². The Bertz CT molecular complexity index is 1770. The molecule has 164 valence electrons. The number of nitrogens with zero attached hydrogens (tertiary/aromatic N) is 2. The minimum absolute atomic E-state index is 0.581. The molecule has 0 saturated carbocycles. The molecule has 0 bridgehead atoms. The van der Waals surface area contributed by atoms with E-state index in [0.717, 1.165) is 43.9 Å². The molecule has 2 heterocycles. The standard InChI is InChI=1S/C32H20N2O/c1-3-9-25-21(7-1)14-18-27-30(23-12-16-24(17-13-23)35-29-11-5-6-20-33-29)28-19-15-22-8-2-4-10-26(22)32(28)34-31(25)27/h1-20H. The van der Waals surface area contributed by atoms with Crippen molar-refractivity contribution in [2.24, 2.45) is 0 Å². The molecule has 0 spiro atoms. The van der Waals surface area contributed by atoms with Gasteiger partial charge in [0, 0.05) is 39.4 Å². The Labute approximate surface area is 202 Å². The topological polar surface area (TPSA) is 35.0 Å². The Balaban J connectivity index is 1.51. The van der Waals surface area contributed by atoms with E-state index >= 15 is 0 Å². The maximum atomic E-state index is 5.94. The highest BCUT2D eigenvalue weighted by Gasteiger charge is 2.15. The van der Waals surface area contributed by atoms with Crippen molar-refractivity contribution in [2.75, 3.05) is 0 Å². The number of aromatic nitrogens is 2. The van der Waals surface area contributed by atoms with E-state index < -0.39 is 0 Å². The summed E-state index contributed by atoms with van der Waals surface area (Å²) < 4.78 is 5.94. The molecule has 0 atom stereocenters. The van der Waals surface area contributed by atoms with Gasteiger partial charge in [0.05, 0.1) is 11.0 Å². The van der Waals surface area contributed by atoms with Gasteiger partial charge in [0.15, 0.2) is 0 Å². The Morgan fingerprint density at radius 3 is 1.69 bits per heavy atom. The van der Waals surface area contributed by atoms with Crippen LogP contribution in [0.4, 0.5) is 0 Å². The van der Waals surface area contributed by atoms with Gasteiger partial charge in [-0.1, -0.05) is 91.0 Å². The normalized spacial score (nSPS) is 11.4. The fraction of sp³-hybridized carbons (Fsp3) is 0. The molecular weight excluding hydrogens is 428 g/mol. The second kappa shape index (κ2) is 7.93. The molecule has 0 aliphatic carbocycles. The number of fused-ring (bicyclic) bond motifs is 6. The minimum Gasteiger partial charge on any atom is -0.439 e. The van der Waals surface area contributed by atoms with Gasteiger partial charge in [0.2, 0.25) is 5.88 Å².